The first-order valence-corrected chi connectivity index (χ1v) is 17.9. The van der Waals surface area contributed by atoms with E-state index < -0.39 is 0 Å². The van der Waals surface area contributed by atoms with Gasteiger partial charge in [-0.05, 0) is 53.9 Å². The Morgan fingerprint density at radius 2 is 1.06 bits per heavy atom. The molecule has 0 radical (unpaired) electrons. The minimum atomic E-state index is 0.620. The van der Waals surface area contributed by atoms with Crippen molar-refractivity contribution in [3.05, 3.63) is 170 Å². The molecule has 0 aliphatic carbocycles. The van der Waals surface area contributed by atoms with Crippen LogP contribution in [0.2, 0.25) is 0 Å². The Morgan fingerprint density at radius 3 is 1.91 bits per heavy atom. The number of hydrogen-bond acceptors (Lipinski definition) is 3. The molecule has 5 heteroatoms. The van der Waals surface area contributed by atoms with E-state index in [1.165, 1.54) is 5.39 Å². The van der Waals surface area contributed by atoms with E-state index in [0.717, 1.165) is 98.8 Å². The van der Waals surface area contributed by atoms with Crippen LogP contribution >= 0.6 is 0 Å². The van der Waals surface area contributed by atoms with Gasteiger partial charge in [0.1, 0.15) is 11.2 Å². The summed E-state index contributed by atoms with van der Waals surface area (Å²) in [6.07, 6.45) is 0. The number of benzene rings is 8. The van der Waals surface area contributed by atoms with E-state index in [-0.39, 0.29) is 0 Å². The third kappa shape index (κ3) is 3.91. The zero-order valence-corrected chi connectivity index (χ0v) is 28.4. The van der Waals surface area contributed by atoms with Crippen molar-refractivity contribution in [2.24, 2.45) is 0 Å². The topological polar surface area (TPSA) is 48.8 Å². The van der Waals surface area contributed by atoms with E-state index in [4.69, 9.17) is 14.4 Å². The Hall–Kier alpha value is -7.24. The minimum absolute atomic E-state index is 0.620. The average molecular weight is 677 g/mol. The van der Waals surface area contributed by atoms with E-state index in [1.54, 1.807) is 0 Å². The Labute approximate surface area is 302 Å². The van der Waals surface area contributed by atoms with Crippen molar-refractivity contribution in [1.82, 2.24) is 19.1 Å². The van der Waals surface area contributed by atoms with Gasteiger partial charge in [0.2, 0.25) is 5.95 Å². The highest BCUT2D eigenvalue weighted by molar-refractivity contribution is 6.31. The second-order valence-electron chi connectivity index (χ2n) is 13.7. The molecule has 0 atom stereocenters. The summed E-state index contributed by atoms with van der Waals surface area (Å²) in [5.41, 5.74) is 10.0. The van der Waals surface area contributed by atoms with E-state index in [9.17, 15) is 0 Å². The maximum atomic E-state index is 6.53. The van der Waals surface area contributed by atoms with Crippen LogP contribution in [0.15, 0.2) is 174 Å². The summed E-state index contributed by atoms with van der Waals surface area (Å²) in [6, 6.07) is 59.9. The molecule has 12 aromatic rings. The lowest BCUT2D eigenvalue weighted by Crippen LogP contribution is -2.04. The summed E-state index contributed by atoms with van der Waals surface area (Å²) in [7, 11) is 0. The Balaban J connectivity index is 1.35. The van der Waals surface area contributed by atoms with Crippen LogP contribution in [0.5, 0.6) is 0 Å². The summed E-state index contributed by atoms with van der Waals surface area (Å²) in [6.45, 7) is 0. The molecule has 4 aromatic heterocycles. The van der Waals surface area contributed by atoms with Crippen molar-refractivity contribution >= 4 is 87.2 Å². The van der Waals surface area contributed by atoms with Crippen molar-refractivity contribution < 1.29 is 4.42 Å². The lowest BCUT2D eigenvalue weighted by Gasteiger charge is -2.14. The molecule has 0 spiro atoms. The molecule has 0 aliphatic rings. The second-order valence-corrected chi connectivity index (χ2v) is 13.7. The van der Waals surface area contributed by atoms with Crippen molar-refractivity contribution in [2.45, 2.75) is 0 Å². The molecule has 0 aliphatic heterocycles. The molecule has 0 unspecified atom stereocenters. The second kappa shape index (κ2) is 10.6. The van der Waals surface area contributed by atoms with Gasteiger partial charge in [-0.3, -0.25) is 4.57 Å². The fourth-order valence-corrected chi connectivity index (χ4v) is 8.68. The third-order valence-electron chi connectivity index (χ3n) is 10.9. The number of para-hydroxylation sites is 3. The van der Waals surface area contributed by atoms with Crippen molar-refractivity contribution in [2.75, 3.05) is 0 Å². The van der Waals surface area contributed by atoms with Crippen molar-refractivity contribution in [1.29, 1.82) is 0 Å². The molecular formula is C48H28N4O. The molecular weight excluding hydrogens is 649 g/mol. The average Bonchev–Trinajstić information content (AvgIpc) is 3.88. The Bertz CT molecular complexity index is 3450. The fraction of sp³-hybridized carbons (Fsp3) is 0. The van der Waals surface area contributed by atoms with Gasteiger partial charge in [-0.25, -0.2) is 9.97 Å². The van der Waals surface area contributed by atoms with Gasteiger partial charge >= 0.3 is 0 Å². The minimum Gasteiger partial charge on any atom is -0.456 e. The molecule has 0 saturated heterocycles. The molecule has 8 aromatic carbocycles. The van der Waals surface area contributed by atoms with Crippen LogP contribution in [0.4, 0.5) is 0 Å². The van der Waals surface area contributed by atoms with Crippen LogP contribution in [0.3, 0.4) is 0 Å². The maximum Gasteiger partial charge on any atom is 0.235 e. The van der Waals surface area contributed by atoms with E-state index in [2.05, 4.69) is 167 Å². The van der Waals surface area contributed by atoms with Crippen molar-refractivity contribution in [3.8, 4) is 22.9 Å². The number of fused-ring (bicyclic) bond motifs is 14. The summed E-state index contributed by atoms with van der Waals surface area (Å²) >= 11 is 0. The summed E-state index contributed by atoms with van der Waals surface area (Å²) < 4.78 is 11.2. The fourth-order valence-electron chi connectivity index (χ4n) is 8.68. The van der Waals surface area contributed by atoms with Crippen molar-refractivity contribution in [3.63, 3.8) is 0 Å². The van der Waals surface area contributed by atoms with Crippen LogP contribution < -0.4 is 0 Å². The van der Waals surface area contributed by atoms with Gasteiger partial charge in [0.25, 0.3) is 0 Å². The van der Waals surface area contributed by atoms with Crippen LogP contribution in [0.25, 0.3) is 110 Å². The molecule has 246 valence electrons. The highest BCUT2D eigenvalue weighted by atomic mass is 16.3. The van der Waals surface area contributed by atoms with Crippen LogP contribution in [0, 0.1) is 0 Å². The molecule has 0 bridgehead atoms. The first-order chi connectivity index (χ1) is 26.3. The van der Waals surface area contributed by atoms with Crippen LogP contribution in [-0.2, 0) is 0 Å². The quantitative estimate of drug-likeness (QED) is 0.175. The van der Waals surface area contributed by atoms with Gasteiger partial charge in [-0.15, -0.1) is 0 Å². The first-order valence-electron chi connectivity index (χ1n) is 17.9. The number of nitrogens with zero attached hydrogens (tertiary/aromatic N) is 4. The largest absolute Gasteiger partial charge is 0.456 e. The highest BCUT2D eigenvalue weighted by Gasteiger charge is 2.26. The molecule has 0 fully saturated rings. The van der Waals surface area contributed by atoms with Gasteiger partial charge in [-0.1, -0.05) is 121 Å². The lowest BCUT2D eigenvalue weighted by atomic mass is 10.0. The van der Waals surface area contributed by atoms with Gasteiger partial charge in [-0.2, -0.15) is 0 Å². The number of aromatic nitrogens is 4. The smallest absolute Gasteiger partial charge is 0.235 e. The van der Waals surface area contributed by atoms with E-state index in [1.807, 2.05) is 12.1 Å². The molecule has 53 heavy (non-hydrogen) atoms. The maximum absolute atomic E-state index is 6.53. The van der Waals surface area contributed by atoms with Gasteiger partial charge in [0.15, 0.2) is 0 Å². The van der Waals surface area contributed by atoms with Gasteiger partial charge in [0.05, 0.1) is 38.7 Å². The standard InChI is InChI=1S/C48H28N4O/c1-3-14-30(15-4-1)44-37-24-23-29-13-7-8-18-32(29)45(37)50-48(49-44)52-46-33(34-26-28-41-43(47(34)52)36-20-10-12-22-40(36)53-41)25-27-39-42(46)35-19-9-11-21-38(35)51(39)31-16-5-2-6-17-31/h1-28H. The summed E-state index contributed by atoms with van der Waals surface area (Å²) in [4.78, 5) is 11.1. The molecule has 4 heterocycles. The molecule has 0 N–H and O–H groups in total. The molecule has 0 saturated carbocycles. The zero-order chi connectivity index (χ0) is 34.6. The summed E-state index contributed by atoms with van der Waals surface area (Å²) in [5.74, 6) is 0.620. The zero-order valence-electron chi connectivity index (χ0n) is 28.4. The number of furan rings is 1. The van der Waals surface area contributed by atoms with E-state index >= 15 is 0 Å². The Morgan fingerprint density at radius 1 is 0.396 bits per heavy atom. The predicted molar refractivity (Wildman–Crippen MR) is 218 cm³/mol. The van der Waals surface area contributed by atoms with Crippen LogP contribution in [-0.4, -0.2) is 19.1 Å². The van der Waals surface area contributed by atoms with E-state index in [0.29, 0.717) is 5.95 Å². The monoisotopic (exact) mass is 676 g/mol. The number of hydrogen-bond donors (Lipinski definition) is 0. The number of rotatable bonds is 3. The lowest BCUT2D eigenvalue weighted by molar-refractivity contribution is 0.669. The summed E-state index contributed by atoms with van der Waals surface area (Å²) in [5, 5.41) is 9.96. The molecule has 12 rings (SSSR count). The Kier molecular flexibility index (Phi) is 5.71. The highest BCUT2D eigenvalue weighted by Crippen LogP contribution is 2.45. The molecule has 0 amide bonds. The predicted octanol–water partition coefficient (Wildman–Crippen LogP) is 12.5. The SMILES string of the molecule is c1ccc(-c2nc(-n3c4c(ccc5oc6ccccc6c54)c4ccc5c(c6ccccc6n5-c5ccccc5)c43)nc3c2ccc2ccccc23)cc1. The molecule has 5 nitrogen and oxygen atoms in total. The van der Waals surface area contributed by atoms with Gasteiger partial charge < -0.3 is 8.98 Å². The normalized spacial score (nSPS) is 12.2. The van der Waals surface area contributed by atoms with Crippen LogP contribution in [0.1, 0.15) is 0 Å². The third-order valence-corrected chi connectivity index (χ3v) is 10.9. The first kappa shape index (κ1) is 28.5. The van der Waals surface area contributed by atoms with Gasteiger partial charge in [0, 0.05) is 49.0 Å².